The highest BCUT2D eigenvalue weighted by molar-refractivity contribution is 6.35. The van der Waals surface area contributed by atoms with Crippen molar-refractivity contribution in [2.75, 3.05) is 36.6 Å². The lowest BCUT2D eigenvalue weighted by atomic mass is 10.2. The van der Waals surface area contributed by atoms with E-state index in [4.69, 9.17) is 37.4 Å². The lowest BCUT2D eigenvalue weighted by Crippen LogP contribution is -2.41. The van der Waals surface area contributed by atoms with Crippen LogP contribution < -0.4 is 24.4 Å². The topological polar surface area (TPSA) is 77.1 Å². The highest BCUT2D eigenvalue weighted by atomic mass is 35.5. The number of nitrogens with one attached hydrogen (secondary N) is 1. The van der Waals surface area contributed by atoms with Crippen molar-refractivity contribution in [1.82, 2.24) is 0 Å². The van der Waals surface area contributed by atoms with E-state index < -0.39 is 0 Å². The van der Waals surface area contributed by atoms with Crippen molar-refractivity contribution in [3.8, 4) is 17.2 Å². The first-order chi connectivity index (χ1) is 16.4. The first-order valence-electron chi connectivity index (χ1n) is 10.5. The third-order valence-electron chi connectivity index (χ3n) is 5.01. The maximum absolute atomic E-state index is 12.5. The minimum atomic E-state index is -0.386. The molecule has 3 aromatic rings. The van der Waals surface area contributed by atoms with Gasteiger partial charge in [-0.2, -0.15) is 0 Å². The van der Waals surface area contributed by atoms with Gasteiger partial charge in [-0.25, -0.2) is 0 Å². The van der Waals surface area contributed by atoms with E-state index in [2.05, 4.69) is 5.32 Å². The number of aryl methyl sites for hydroxylation is 1. The average Bonchev–Trinajstić information content (AvgIpc) is 2.80. The number of hydrogen-bond acceptors (Lipinski definition) is 5. The van der Waals surface area contributed by atoms with Gasteiger partial charge in [0.05, 0.1) is 17.3 Å². The number of fused-ring (bicyclic) bond motifs is 1. The van der Waals surface area contributed by atoms with Gasteiger partial charge in [0.2, 0.25) is 0 Å². The van der Waals surface area contributed by atoms with Crippen LogP contribution in [0.25, 0.3) is 0 Å². The van der Waals surface area contributed by atoms with Crippen molar-refractivity contribution >= 4 is 46.4 Å². The summed E-state index contributed by atoms with van der Waals surface area (Å²) in [5.41, 5.74) is 2.15. The van der Waals surface area contributed by atoms with Crippen molar-refractivity contribution in [3.05, 3.63) is 76.3 Å². The van der Waals surface area contributed by atoms with Crippen molar-refractivity contribution < 1.29 is 23.8 Å². The average molecular weight is 501 g/mol. The van der Waals surface area contributed by atoms with E-state index in [9.17, 15) is 9.59 Å². The van der Waals surface area contributed by atoms with Crippen LogP contribution in [0.15, 0.2) is 60.7 Å². The molecule has 4 rings (SSSR count). The summed E-state index contributed by atoms with van der Waals surface area (Å²) < 4.78 is 16.8. The Morgan fingerprint density at radius 2 is 1.94 bits per heavy atom. The predicted octanol–water partition coefficient (Wildman–Crippen LogP) is 5.12. The third kappa shape index (κ3) is 5.92. The quantitative estimate of drug-likeness (QED) is 0.464. The second kappa shape index (κ2) is 10.7. The minimum Gasteiger partial charge on any atom is -0.492 e. The maximum atomic E-state index is 12.5. The molecule has 0 saturated heterocycles. The monoisotopic (exact) mass is 500 g/mol. The molecular formula is C25H22Cl2N2O5. The summed E-state index contributed by atoms with van der Waals surface area (Å²) >= 11 is 11.9. The van der Waals surface area contributed by atoms with Gasteiger partial charge < -0.3 is 24.4 Å². The van der Waals surface area contributed by atoms with Crippen LogP contribution in [0.1, 0.15) is 5.56 Å². The number of hydrogen-bond donors (Lipinski definition) is 1. The van der Waals surface area contributed by atoms with Crippen LogP contribution in [-0.4, -0.2) is 38.2 Å². The molecule has 1 N–H and O–H groups in total. The molecule has 0 radical (unpaired) electrons. The Bertz CT molecular complexity index is 1220. The number of ether oxygens (including phenoxy) is 3. The standard InChI is InChI=1S/C25H22Cl2N2O5/c1-16-3-2-4-19(11-16)32-10-9-29-21-13-18(6-8-23(21)34-15-25(29)31)28-24(30)14-33-22-7-5-17(26)12-20(22)27/h2-8,11-13H,9-10,14-15H2,1H3,(H,28,30). The number of amides is 2. The number of carbonyl (C=O) groups is 2. The minimum absolute atomic E-state index is 0.0567. The maximum Gasteiger partial charge on any atom is 0.265 e. The lowest BCUT2D eigenvalue weighted by Gasteiger charge is -2.29. The molecule has 0 atom stereocenters. The zero-order valence-corrected chi connectivity index (χ0v) is 19.9. The highest BCUT2D eigenvalue weighted by Crippen LogP contribution is 2.34. The third-order valence-corrected chi connectivity index (χ3v) is 5.54. The van der Waals surface area contributed by atoms with Gasteiger partial charge in [-0.15, -0.1) is 0 Å². The van der Waals surface area contributed by atoms with Crippen molar-refractivity contribution in [2.24, 2.45) is 0 Å². The molecule has 0 aliphatic carbocycles. The van der Waals surface area contributed by atoms with E-state index in [1.807, 2.05) is 31.2 Å². The lowest BCUT2D eigenvalue weighted by molar-refractivity contribution is -0.121. The molecule has 0 bridgehead atoms. The highest BCUT2D eigenvalue weighted by Gasteiger charge is 2.26. The Balaban J connectivity index is 1.39. The fourth-order valence-corrected chi connectivity index (χ4v) is 3.88. The summed E-state index contributed by atoms with van der Waals surface area (Å²) in [6.07, 6.45) is 0. The SMILES string of the molecule is Cc1cccc(OCCN2C(=O)COc3ccc(NC(=O)COc4ccc(Cl)cc4Cl)cc32)c1. The van der Waals surface area contributed by atoms with Crippen LogP contribution in [-0.2, 0) is 9.59 Å². The molecule has 1 heterocycles. The molecule has 34 heavy (non-hydrogen) atoms. The number of carbonyl (C=O) groups excluding carboxylic acids is 2. The second-order valence-corrected chi connectivity index (χ2v) is 8.44. The van der Waals surface area contributed by atoms with Crippen molar-refractivity contribution in [1.29, 1.82) is 0 Å². The Labute approximate surface area is 207 Å². The number of nitrogens with zero attached hydrogens (tertiary/aromatic N) is 1. The summed E-state index contributed by atoms with van der Waals surface area (Å²) in [7, 11) is 0. The van der Waals surface area contributed by atoms with Gasteiger partial charge >= 0.3 is 0 Å². The van der Waals surface area contributed by atoms with Crippen LogP contribution >= 0.6 is 23.2 Å². The Morgan fingerprint density at radius 3 is 2.74 bits per heavy atom. The Hall–Kier alpha value is -3.42. The summed E-state index contributed by atoms with van der Waals surface area (Å²) in [6, 6.07) is 17.6. The normalized spacial score (nSPS) is 12.6. The van der Waals surface area contributed by atoms with Gasteiger partial charge in [-0.1, -0.05) is 35.3 Å². The molecule has 1 aliphatic rings. The first kappa shape index (κ1) is 23.7. The van der Waals surface area contributed by atoms with Crippen LogP contribution in [0, 0.1) is 6.92 Å². The smallest absolute Gasteiger partial charge is 0.265 e. The van der Waals surface area contributed by atoms with Gasteiger partial charge in [-0.05, 0) is 61.0 Å². The molecule has 3 aromatic carbocycles. The van der Waals surface area contributed by atoms with E-state index in [0.717, 1.165) is 11.3 Å². The van der Waals surface area contributed by atoms with Gasteiger partial charge in [-0.3, -0.25) is 9.59 Å². The van der Waals surface area contributed by atoms with Crippen molar-refractivity contribution in [2.45, 2.75) is 6.92 Å². The molecule has 0 aromatic heterocycles. The molecule has 9 heteroatoms. The van der Waals surface area contributed by atoms with Gasteiger partial charge in [0.25, 0.3) is 11.8 Å². The van der Waals surface area contributed by atoms with Gasteiger partial charge in [0.15, 0.2) is 13.2 Å². The van der Waals surface area contributed by atoms with E-state index in [1.54, 1.807) is 35.2 Å². The van der Waals surface area contributed by atoms with E-state index in [-0.39, 0.29) is 25.0 Å². The molecule has 7 nitrogen and oxygen atoms in total. The summed E-state index contributed by atoms with van der Waals surface area (Å²) in [6.45, 7) is 2.32. The summed E-state index contributed by atoms with van der Waals surface area (Å²) in [5.74, 6) is 1.07. The van der Waals surface area contributed by atoms with E-state index >= 15 is 0 Å². The molecular weight excluding hydrogens is 479 g/mol. The molecule has 0 fully saturated rings. The van der Waals surface area contributed by atoms with Crippen LogP contribution in [0.3, 0.4) is 0 Å². The number of halogens is 2. The molecule has 0 saturated carbocycles. The molecule has 2 amide bonds. The number of benzene rings is 3. The molecule has 1 aliphatic heterocycles. The van der Waals surface area contributed by atoms with Gasteiger partial charge in [0, 0.05) is 10.7 Å². The Kier molecular flexibility index (Phi) is 7.45. The zero-order chi connectivity index (χ0) is 24.1. The second-order valence-electron chi connectivity index (χ2n) is 7.59. The van der Waals surface area contributed by atoms with Crippen LogP contribution in [0.5, 0.6) is 17.2 Å². The van der Waals surface area contributed by atoms with Crippen LogP contribution in [0.2, 0.25) is 10.0 Å². The first-order valence-corrected chi connectivity index (χ1v) is 11.3. The summed E-state index contributed by atoms with van der Waals surface area (Å²) in [4.78, 5) is 26.5. The fraction of sp³-hybridized carbons (Fsp3) is 0.200. The van der Waals surface area contributed by atoms with E-state index in [1.165, 1.54) is 6.07 Å². The fourth-order valence-electron chi connectivity index (χ4n) is 3.42. The predicted molar refractivity (Wildman–Crippen MR) is 132 cm³/mol. The molecule has 0 spiro atoms. The number of anilines is 2. The van der Waals surface area contributed by atoms with E-state index in [0.29, 0.717) is 46.1 Å². The van der Waals surface area contributed by atoms with Crippen LogP contribution in [0.4, 0.5) is 11.4 Å². The van der Waals surface area contributed by atoms with Gasteiger partial charge in [0.1, 0.15) is 23.9 Å². The molecule has 0 unspecified atom stereocenters. The largest absolute Gasteiger partial charge is 0.492 e. The zero-order valence-electron chi connectivity index (χ0n) is 18.3. The number of rotatable bonds is 8. The summed E-state index contributed by atoms with van der Waals surface area (Å²) in [5, 5.41) is 3.55. The Morgan fingerprint density at radius 1 is 1.09 bits per heavy atom. The van der Waals surface area contributed by atoms with Crippen molar-refractivity contribution in [3.63, 3.8) is 0 Å². The molecule has 176 valence electrons.